The first-order chi connectivity index (χ1) is 31.5. The summed E-state index contributed by atoms with van der Waals surface area (Å²) in [5.41, 5.74) is 20.3. The minimum atomic E-state index is -0.561. The van der Waals surface area contributed by atoms with Gasteiger partial charge in [0.1, 0.15) is 0 Å². The Balaban J connectivity index is 1.21. The molecule has 0 saturated carbocycles. The van der Waals surface area contributed by atoms with Crippen LogP contribution in [0, 0.1) is 0 Å². The number of rotatable bonds is 7. The van der Waals surface area contributed by atoms with Crippen molar-refractivity contribution in [1.82, 2.24) is 0 Å². The number of nitrogens with zero attached hydrogens (tertiary/aromatic N) is 1. The highest BCUT2D eigenvalue weighted by Crippen LogP contribution is 2.61. The third-order valence-electron chi connectivity index (χ3n) is 14.3. The normalized spacial score (nSPS) is 17.2. The quantitative estimate of drug-likeness (QED) is 0.155. The lowest BCUT2D eigenvalue weighted by Crippen LogP contribution is -2.32. The third kappa shape index (κ3) is 6.13. The molecule has 0 amide bonds. The van der Waals surface area contributed by atoms with Crippen LogP contribution in [0.25, 0.3) is 22.3 Å². The molecule has 11 rings (SSSR count). The zero-order chi connectivity index (χ0) is 44.6. The fraction of sp³-hybridized carbons (Fsp3) is 0.156. The van der Waals surface area contributed by atoms with Crippen molar-refractivity contribution in [3.8, 4) is 22.3 Å². The van der Waals surface area contributed by atoms with E-state index in [4.69, 9.17) is 0 Å². The fourth-order valence-electron chi connectivity index (χ4n) is 11.7. The molecule has 9 aromatic carbocycles. The van der Waals surface area contributed by atoms with E-state index in [2.05, 4.69) is 271 Å². The van der Waals surface area contributed by atoms with Crippen molar-refractivity contribution in [3.63, 3.8) is 0 Å². The molecule has 65 heavy (non-hydrogen) atoms. The van der Waals surface area contributed by atoms with E-state index >= 15 is 0 Å². The number of hydrogen-bond acceptors (Lipinski definition) is 1. The van der Waals surface area contributed by atoms with Crippen molar-refractivity contribution < 1.29 is 0 Å². The lowest BCUT2D eigenvalue weighted by molar-refractivity contribution is 0.570. The van der Waals surface area contributed by atoms with Crippen molar-refractivity contribution in [2.45, 2.75) is 63.2 Å². The van der Waals surface area contributed by atoms with E-state index in [9.17, 15) is 0 Å². The molecule has 0 bridgehead atoms. The van der Waals surface area contributed by atoms with Crippen molar-refractivity contribution in [1.29, 1.82) is 0 Å². The molecule has 0 heterocycles. The highest BCUT2D eigenvalue weighted by Gasteiger charge is 2.50. The monoisotopic (exact) mass is 837 g/mol. The molecule has 316 valence electrons. The van der Waals surface area contributed by atoms with Gasteiger partial charge in [-0.25, -0.2) is 0 Å². The van der Waals surface area contributed by atoms with Crippen LogP contribution in [0.15, 0.2) is 224 Å². The highest BCUT2D eigenvalue weighted by molar-refractivity contribution is 5.92. The van der Waals surface area contributed by atoms with E-state index < -0.39 is 10.8 Å². The van der Waals surface area contributed by atoms with Gasteiger partial charge in [-0.05, 0) is 125 Å². The SMILES string of the molecule is CC(C)(C)c1ccccc1C1(c2ccccc2)c2ccccc2-c2ccc(N(c3ccccc3)c3ccc4c(c3)C(c3ccccc3)(c3ccccc3C(C)(C)C)c3ccccc3-4)cc21. The summed E-state index contributed by atoms with van der Waals surface area (Å²) in [4.78, 5) is 2.49. The molecule has 0 aromatic heterocycles. The summed E-state index contributed by atoms with van der Waals surface area (Å²) in [6.45, 7) is 14.1. The number of hydrogen-bond donors (Lipinski definition) is 0. The van der Waals surface area contributed by atoms with Crippen molar-refractivity contribution >= 4 is 17.1 Å². The molecule has 0 aliphatic heterocycles. The van der Waals surface area contributed by atoms with Crippen LogP contribution in [0.1, 0.15) is 97.2 Å². The average Bonchev–Trinajstić information content (AvgIpc) is 3.80. The molecule has 0 spiro atoms. The van der Waals surface area contributed by atoms with E-state index in [-0.39, 0.29) is 10.8 Å². The molecule has 1 heteroatoms. The minimum absolute atomic E-state index is 0.0946. The Morgan fingerprint density at radius 1 is 0.277 bits per heavy atom. The standard InChI is InChI=1S/C64H55N/c1-61(2,3)55-34-20-22-36-57(55)63(44-24-10-7-11-25-44)53-32-18-16-30-49(53)51-40-38-47(42-59(51)63)65(46-28-14-9-15-29-46)48-39-41-52-50-31-17-19-33-54(50)64(60(52)43-48,45-26-12-8-13-27-45)58-37-23-21-35-56(58)62(4,5)6/h7-43H,1-6H3. The lowest BCUT2D eigenvalue weighted by atomic mass is 9.64. The molecule has 0 N–H and O–H groups in total. The Morgan fingerprint density at radius 2 is 0.600 bits per heavy atom. The maximum absolute atomic E-state index is 2.51. The summed E-state index contributed by atoms with van der Waals surface area (Å²) in [7, 11) is 0. The maximum atomic E-state index is 2.51. The largest absolute Gasteiger partial charge is 0.310 e. The smallest absolute Gasteiger partial charge is 0.0717 e. The van der Waals surface area contributed by atoms with E-state index in [1.807, 2.05) is 0 Å². The van der Waals surface area contributed by atoms with Gasteiger partial charge >= 0.3 is 0 Å². The maximum Gasteiger partial charge on any atom is 0.0717 e. The Morgan fingerprint density at radius 3 is 1.00 bits per heavy atom. The van der Waals surface area contributed by atoms with E-state index in [0.717, 1.165) is 17.1 Å². The first-order valence-electron chi connectivity index (χ1n) is 23.2. The highest BCUT2D eigenvalue weighted by atomic mass is 15.1. The Labute approximate surface area is 385 Å². The molecule has 9 aromatic rings. The second-order valence-corrected chi connectivity index (χ2v) is 20.0. The van der Waals surface area contributed by atoms with Crippen LogP contribution in [-0.4, -0.2) is 0 Å². The molecule has 0 saturated heterocycles. The summed E-state index contributed by atoms with van der Waals surface area (Å²) >= 11 is 0. The van der Waals surface area contributed by atoms with Gasteiger partial charge in [0.05, 0.1) is 10.8 Å². The van der Waals surface area contributed by atoms with Crippen LogP contribution in [0.4, 0.5) is 17.1 Å². The van der Waals surface area contributed by atoms with Gasteiger partial charge in [-0.1, -0.05) is 230 Å². The second-order valence-electron chi connectivity index (χ2n) is 20.0. The van der Waals surface area contributed by atoms with Crippen molar-refractivity contribution in [2.24, 2.45) is 0 Å². The Bertz CT molecular complexity index is 3020. The first-order valence-corrected chi connectivity index (χ1v) is 23.2. The summed E-state index contributed by atoms with van der Waals surface area (Å²) in [5, 5.41) is 0. The van der Waals surface area contributed by atoms with Crippen LogP contribution in [0.3, 0.4) is 0 Å². The molecular weight excluding hydrogens is 783 g/mol. The molecule has 2 unspecified atom stereocenters. The molecule has 2 aliphatic carbocycles. The van der Waals surface area contributed by atoms with Gasteiger partial charge < -0.3 is 4.90 Å². The number of benzene rings is 9. The number of anilines is 3. The summed E-state index contributed by atoms with van der Waals surface area (Å²) in [6.07, 6.45) is 0. The van der Waals surface area contributed by atoms with E-state index in [1.165, 1.54) is 77.9 Å². The van der Waals surface area contributed by atoms with Gasteiger partial charge in [0.15, 0.2) is 0 Å². The third-order valence-corrected chi connectivity index (χ3v) is 14.3. The summed E-state index contributed by atoms with van der Waals surface area (Å²) in [5.74, 6) is 0. The molecule has 2 aliphatic rings. The predicted octanol–water partition coefficient (Wildman–Crippen LogP) is 16.5. The molecule has 1 nitrogen and oxygen atoms in total. The predicted molar refractivity (Wildman–Crippen MR) is 273 cm³/mol. The minimum Gasteiger partial charge on any atom is -0.310 e. The zero-order valence-corrected chi connectivity index (χ0v) is 38.3. The number of fused-ring (bicyclic) bond motifs is 6. The number of para-hydroxylation sites is 1. The van der Waals surface area contributed by atoms with E-state index in [1.54, 1.807) is 0 Å². The van der Waals surface area contributed by atoms with Gasteiger partial charge in [-0.15, -0.1) is 0 Å². The van der Waals surface area contributed by atoms with Gasteiger partial charge in [0.2, 0.25) is 0 Å². The summed E-state index contributed by atoms with van der Waals surface area (Å²) < 4.78 is 0. The van der Waals surface area contributed by atoms with Crippen molar-refractivity contribution in [2.75, 3.05) is 4.90 Å². The van der Waals surface area contributed by atoms with Crippen LogP contribution >= 0.6 is 0 Å². The van der Waals surface area contributed by atoms with Crippen LogP contribution in [0.2, 0.25) is 0 Å². The van der Waals surface area contributed by atoms with Crippen LogP contribution in [0.5, 0.6) is 0 Å². The van der Waals surface area contributed by atoms with Gasteiger partial charge in [0, 0.05) is 17.1 Å². The topological polar surface area (TPSA) is 3.24 Å². The molecule has 0 fully saturated rings. The summed E-state index contributed by atoms with van der Waals surface area (Å²) in [6, 6.07) is 84.5. The molecule has 0 radical (unpaired) electrons. The van der Waals surface area contributed by atoms with Crippen molar-refractivity contribution in [3.05, 3.63) is 280 Å². The Kier molecular flexibility index (Phi) is 9.49. The molecule has 2 atom stereocenters. The fourth-order valence-corrected chi connectivity index (χ4v) is 11.7. The van der Waals surface area contributed by atoms with Gasteiger partial charge in [-0.3, -0.25) is 0 Å². The van der Waals surface area contributed by atoms with Gasteiger partial charge in [-0.2, -0.15) is 0 Å². The zero-order valence-electron chi connectivity index (χ0n) is 38.3. The lowest BCUT2D eigenvalue weighted by Gasteiger charge is -2.39. The average molecular weight is 838 g/mol. The van der Waals surface area contributed by atoms with Crippen LogP contribution in [-0.2, 0) is 21.7 Å². The molecular formula is C64H55N. The van der Waals surface area contributed by atoms with Crippen LogP contribution < -0.4 is 4.90 Å². The Hall–Kier alpha value is -7.22. The van der Waals surface area contributed by atoms with E-state index in [0.29, 0.717) is 0 Å². The second kappa shape index (κ2) is 15.2. The first kappa shape index (κ1) is 40.5. The van der Waals surface area contributed by atoms with Gasteiger partial charge in [0.25, 0.3) is 0 Å².